The fourth-order valence-electron chi connectivity index (χ4n) is 2.35. The number of esters is 1. The van der Waals surface area contributed by atoms with E-state index in [2.05, 4.69) is 15.3 Å². The number of methoxy groups -OCH3 is 1. The first-order valence-electron chi connectivity index (χ1n) is 5.82. The lowest BCUT2D eigenvalue weighted by Crippen LogP contribution is -2.03. The van der Waals surface area contributed by atoms with Gasteiger partial charge in [0.25, 0.3) is 0 Å². The summed E-state index contributed by atoms with van der Waals surface area (Å²) in [5.74, 6) is 0.364. The highest BCUT2D eigenvalue weighted by atomic mass is 16.5. The highest BCUT2D eigenvalue weighted by Gasteiger charge is 2.44. The van der Waals surface area contributed by atoms with Gasteiger partial charge in [-0.1, -0.05) is 5.21 Å². The summed E-state index contributed by atoms with van der Waals surface area (Å²) in [5.41, 5.74) is 2.54. The number of carbonyl (C=O) groups is 1. The number of hydrogen-bond acceptors (Lipinski definition) is 4. The van der Waals surface area contributed by atoms with Crippen LogP contribution in [0.1, 0.15) is 40.0 Å². The lowest BCUT2D eigenvalue weighted by Gasteiger charge is -2.00. The van der Waals surface area contributed by atoms with Gasteiger partial charge in [0.15, 0.2) is 0 Å². The van der Waals surface area contributed by atoms with E-state index in [-0.39, 0.29) is 5.97 Å². The van der Waals surface area contributed by atoms with Crippen LogP contribution in [0.15, 0.2) is 18.5 Å². The summed E-state index contributed by atoms with van der Waals surface area (Å²) in [6.07, 6.45) is 4.68. The maximum Gasteiger partial charge on any atom is 0.339 e. The second kappa shape index (κ2) is 3.97. The summed E-state index contributed by atoms with van der Waals surface area (Å²) in [7, 11) is 3.24. The van der Waals surface area contributed by atoms with Crippen molar-refractivity contribution in [3.63, 3.8) is 0 Å². The molecule has 2 aromatic heterocycles. The molecule has 0 spiro atoms. The van der Waals surface area contributed by atoms with E-state index in [0.717, 1.165) is 17.8 Å². The standard InChI is InChI=1S/C12H14N4O2/c1-16-6-10(14-15-16)8-5-9(8)11-7(3-4-13-11)12(17)18-2/h3-4,6,8-9,13H,5H2,1-2H3/t8-,9-/m0/s1. The van der Waals surface area contributed by atoms with Crippen molar-refractivity contribution in [3.05, 3.63) is 35.4 Å². The van der Waals surface area contributed by atoms with Crippen LogP contribution in [0.4, 0.5) is 0 Å². The number of aromatic nitrogens is 4. The molecule has 1 fully saturated rings. The summed E-state index contributed by atoms with van der Waals surface area (Å²) in [6.45, 7) is 0. The van der Waals surface area contributed by atoms with Crippen molar-refractivity contribution >= 4 is 5.97 Å². The molecule has 2 heterocycles. The van der Waals surface area contributed by atoms with Gasteiger partial charge in [0.05, 0.1) is 18.4 Å². The molecule has 0 saturated heterocycles. The Morgan fingerprint density at radius 3 is 3.06 bits per heavy atom. The Hall–Kier alpha value is -2.11. The highest BCUT2D eigenvalue weighted by Crippen LogP contribution is 2.54. The van der Waals surface area contributed by atoms with E-state index in [1.807, 2.05) is 13.2 Å². The second-order valence-electron chi connectivity index (χ2n) is 4.56. The number of aryl methyl sites for hydroxylation is 1. The van der Waals surface area contributed by atoms with Crippen LogP contribution in [0.3, 0.4) is 0 Å². The van der Waals surface area contributed by atoms with E-state index >= 15 is 0 Å². The summed E-state index contributed by atoms with van der Waals surface area (Å²) in [6, 6.07) is 1.76. The average Bonchev–Trinajstić information content (AvgIpc) is 2.82. The minimum Gasteiger partial charge on any atom is -0.465 e. The first kappa shape index (κ1) is 11.0. The van der Waals surface area contributed by atoms with Crippen molar-refractivity contribution in [2.24, 2.45) is 7.05 Å². The Labute approximate surface area is 104 Å². The van der Waals surface area contributed by atoms with Crippen LogP contribution in [0, 0.1) is 0 Å². The van der Waals surface area contributed by atoms with Crippen molar-refractivity contribution in [3.8, 4) is 0 Å². The molecule has 0 aliphatic heterocycles. The van der Waals surface area contributed by atoms with Crippen molar-refractivity contribution in [1.29, 1.82) is 0 Å². The van der Waals surface area contributed by atoms with Gasteiger partial charge in [-0.3, -0.25) is 4.68 Å². The summed E-state index contributed by atoms with van der Waals surface area (Å²) in [5, 5.41) is 8.05. The SMILES string of the molecule is COC(=O)c1cc[nH]c1[C@H]1C[C@@H]1c1cn(C)nn1. The zero-order valence-corrected chi connectivity index (χ0v) is 10.3. The highest BCUT2D eigenvalue weighted by molar-refractivity contribution is 5.91. The maximum absolute atomic E-state index is 11.6. The number of nitrogens with one attached hydrogen (secondary N) is 1. The van der Waals surface area contributed by atoms with Crippen LogP contribution >= 0.6 is 0 Å². The number of carbonyl (C=O) groups excluding carboxylic acids is 1. The first-order chi connectivity index (χ1) is 8.70. The number of hydrogen-bond donors (Lipinski definition) is 1. The predicted molar refractivity (Wildman–Crippen MR) is 63.2 cm³/mol. The van der Waals surface area contributed by atoms with E-state index in [0.29, 0.717) is 17.4 Å². The van der Waals surface area contributed by atoms with Gasteiger partial charge in [-0.25, -0.2) is 4.79 Å². The number of ether oxygens (including phenoxy) is 1. The molecule has 1 aliphatic rings. The van der Waals surface area contributed by atoms with Crippen molar-refractivity contribution in [1.82, 2.24) is 20.0 Å². The average molecular weight is 246 g/mol. The molecule has 1 N–H and O–H groups in total. The Morgan fingerprint density at radius 1 is 1.56 bits per heavy atom. The normalized spacial score (nSPS) is 21.9. The molecule has 94 valence electrons. The fraction of sp³-hybridized carbons (Fsp3) is 0.417. The minimum absolute atomic E-state index is 0.295. The van der Waals surface area contributed by atoms with Crippen LogP contribution in [0.5, 0.6) is 0 Å². The smallest absolute Gasteiger partial charge is 0.339 e. The largest absolute Gasteiger partial charge is 0.465 e. The monoisotopic (exact) mass is 246 g/mol. The van der Waals surface area contributed by atoms with Gasteiger partial charge in [0.1, 0.15) is 0 Å². The number of rotatable bonds is 3. The molecule has 3 rings (SSSR count). The predicted octanol–water partition coefficient (Wildman–Crippen LogP) is 1.20. The molecule has 2 atom stereocenters. The molecule has 0 unspecified atom stereocenters. The quantitative estimate of drug-likeness (QED) is 0.826. The van der Waals surface area contributed by atoms with E-state index in [9.17, 15) is 4.79 Å². The molecule has 1 aliphatic carbocycles. The third-order valence-electron chi connectivity index (χ3n) is 3.35. The topological polar surface area (TPSA) is 72.8 Å². The van der Waals surface area contributed by atoms with Gasteiger partial charge in [0.2, 0.25) is 0 Å². The van der Waals surface area contributed by atoms with Gasteiger partial charge in [0, 0.05) is 37.0 Å². The van der Waals surface area contributed by atoms with Crippen LogP contribution in [0.25, 0.3) is 0 Å². The Balaban J connectivity index is 1.82. The summed E-state index contributed by atoms with van der Waals surface area (Å²) >= 11 is 0. The first-order valence-corrected chi connectivity index (χ1v) is 5.82. The van der Waals surface area contributed by atoms with Gasteiger partial charge in [-0.05, 0) is 12.5 Å². The summed E-state index contributed by atoms with van der Waals surface area (Å²) in [4.78, 5) is 14.7. The zero-order valence-electron chi connectivity index (χ0n) is 10.3. The number of nitrogens with zero attached hydrogens (tertiary/aromatic N) is 3. The Bertz CT molecular complexity index is 586. The Kier molecular flexibility index (Phi) is 2.43. The van der Waals surface area contributed by atoms with Gasteiger partial charge >= 0.3 is 5.97 Å². The van der Waals surface area contributed by atoms with Gasteiger partial charge in [-0.15, -0.1) is 5.10 Å². The Morgan fingerprint density at radius 2 is 2.39 bits per heavy atom. The molecule has 0 aromatic carbocycles. The van der Waals surface area contributed by atoms with E-state index in [4.69, 9.17) is 4.74 Å². The van der Waals surface area contributed by atoms with Crippen LogP contribution in [-0.4, -0.2) is 33.1 Å². The number of aromatic amines is 1. The lowest BCUT2D eigenvalue weighted by molar-refractivity contribution is 0.0599. The third-order valence-corrected chi connectivity index (χ3v) is 3.35. The number of H-pyrrole nitrogens is 1. The molecule has 6 nitrogen and oxygen atoms in total. The molecule has 18 heavy (non-hydrogen) atoms. The van der Waals surface area contributed by atoms with E-state index < -0.39 is 0 Å². The minimum atomic E-state index is -0.295. The van der Waals surface area contributed by atoms with Crippen molar-refractivity contribution < 1.29 is 9.53 Å². The summed E-state index contributed by atoms with van der Waals surface area (Å²) < 4.78 is 6.46. The van der Waals surface area contributed by atoms with Crippen LogP contribution in [-0.2, 0) is 11.8 Å². The van der Waals surface area contributed by atoms with Crippen molar-refractivity contribution in [2.75, 3.05) is 7.11 Å². The van der Waals surface area contributed by atoms with Gasteiger partial charge < -0.3 is 9.72 Å². The lowest BCUT2D eigenvalue weighted by atomic mass is 10.1. The zero-order chi connectivity index (χ0) is 12.7. The molecule has 0 bridgehead atoms. The van der Waals surface area contributed by atoms with E-state index in [1.54, 1.807) is 16.9 Å². The molecule has 2 aromatic rings. The second-order valence-corrected chi connectivity index (χ2v) is 4.56. The van der Waals surface area contributed by atoms with Crippen molar-refractivity contribution in [2.45, 2.75) is 18.3 Å². The molecule has 0 radical (unpaired) electrons. The van der Waals surface area contributed by atoms with E-state index in [1.165, 1.54) is 7.11 Å². The molecular weight excluding hydrogens is 232 g/mol. The van der Waals surface area contributed by atoms with Gasteiger partial charge in [-0.2, -0.15) is 0 Å². The molecule has 6 heteroatoms. The molecular formula is C12H14N4O2. The fourth-order valence-corrected chi connectivity index (χ4v) is 2.35. The third kappa shape index (κ3) is 1.70. The molecule has 0 amide bonds. The maximum atomic E-state index is 11.6. The van der Waals surface area contributed by atoms with Crippen LogP contribution < -0.4 is 0 Å². The van der Waals surface area contributed by atoms with Crippen LogP contribution in [0.2, 0.25) is 0 Å². The molecule has 1 saturated carbocycles.